The Kier molecular flexibility index (Phi) is 5.14. The summed E-state index contributed by atoms with van der Waals surface area (Å²) in [7, 11) is 0. The van der Waals surface area contributed by atoms with Crippen LogP contribution in [0, 0.1) is 0 Å². The molecule has 0 aliphatic heterocycles. The van der Waals surface area contributed by atoms with Crippen LogP contribution < -0.4 is 0 Å². The summed E-state index contributed by atoms with van der Waals surface area (Å²) in [5.41, 5.74) is 9.31. The van der Waals surface area contributed by atoms with E-state index in [0.29, 0.717) is 0 Å². The van der Waals surface area contributed by atoms with Gasteiger partial charge in [-0.1, -0.05) is 109 Å². The molecule has 3 aromatic heterocycles. The van der Waals surface area contributed by atoms with Gasteiger partial charge in [0, 0.05) is 44.3 Å². The van der Waals surface area contributed by atoms with Crippen molar-refractivity contribution in [3.63, 3.8) is 0 Å². The minimum absolute atomic E-state index is 0.927. The zero-order valence-electron chi connectivity index (χ0n) is 21.6. The maximum absolute atomic E-state index is 5.11. The standard InChI is InChI=1S/C37H23N3/c1-2-9-24(10-3-1)35-31-16-7-15-29(34(31)30-14-4-5-17-33(30)40-35)27-11-6-12-28(23-27)32-21-20-26-19-18-25-13-8-22-38-36(25)37(26)39-32/h1-23H. The summed E-state index contributed by atoms with van der Waals surface area (Å²) in [6, 6.07) is 46.6. The highest BCUT2D eigenvalue weighted by Gasteiger charge is 2.15. The summed E-state index contributed by atoms with van der Waals surface area (Å²) in [5, 5.41) is 5.70. The van der Waals surface area contributed by atoms with Crippen molar-refractivity contribution in [2.45, 2.75) is 0 Å². The van der Waals surface area contributed by atoms with E-state index in [-0.39, 0.29) is 0 Å². The Bertz CT molecular complexity index is 2220. The quantitative estimate of drug-likeness (QED) is 0.223. The Morgan fingerprint density at radius 3 is 2.10 bits per heavy atom. The molecule has 3 heteroatoms. The molecule has 0 bridgehead atoms. The smallest absolute Gasteiger partial charge is 0.0972 e. The van der Waals surface area contributed by atoms with Gasteiger partial charge in [-0.25, -0.2) is 9.97 Å². The second kappa shape index (κ2) is 9.11. The highest BCUT2D eigenvalue weighted by atomic mass is 14.8. The van der Waals surface area contributed by atoms with Crippen LogP contribution in [0.15, 0.2) is 140 Å². The SMILES string of the molecule is c1ccc(-c2nc3ccccc3c3c(-c4cccc(-c5ccc6ccc7cccnc7c6n5)c4)cccc23)cc1. The molecule has 0 atom stereocenters. The Labute approximate surface area is 231 Å². The van der Waals surface area contributed by atoms with Crippen LogP contribution in [0.2, 0.25) is 0 Å². The summed E-state index contributed by atoms with van der Waals surface area (Å²) in [5.74, 6) is 0. The third kappa shape index (κ3) is 3.63. The zero-order valence-corrected chi connectivity index (χ0v) is 21.6. The van der Waals surface area contributed by atoms with Gasteiger partial charge in [0.25, 0.3) is 0 Å². The number of nitrogens with zero attached hydrogens (tertiary/aromatic N) is 3. The molecule has 5 aromatic carbocycles. The predicted molar refractivity (Wildman–Crippen MR) is 166 cm³/mol. The molecule has 0 unspecified atom stereocenters. The van der Waals surface area contributed by atoms with Crippen molar-refractivity contribution in [3.05, 3.63) is 140 Å². The monoisotopic (exact) mass is 509 g/mol. The Morgan fingerprint density at radius 2 is 1.18 bits per heavy atom. The van der Waals surface area contributed by atoms with Gasteiger partial charge in [-0.15, -0.1) is 0 Å². The molecule has 0 fully saturated rings. The van der Waals surface area contributed by atoms with Gasteiger partial charge in [0.05, 0.1) is 27.9 Å². The first-order chi connectivity index (χ1) is 19.8. The molecule has 3 nitrogen and oxygen atoms in total. The summed E-state index contributed by atoms with van der Waals surface area (Å²) in [6.45, 7) is 0. The Morgan fingerprint density at radius 1 is 0.450 bits per heavy atom. The molecule has 8 aromatic rings. The van der Waals surface area contributed by atoms with Crippen LogP contribution in [0.25, 0.3) is 77.1 Å². The van der Waals surface area contributed by atoms with Crippen molar-refractivity contribution in [2.24, 2.45) is 0 Å². The van der Waals surface area contributed by atoms with Crippen LogP contribution in [0.5, 0.6) is 0 Å². The number of hydrogen-bond donors (Lipinski definition) is 0. The van der Waals surface area contributed by atoms with E-state index in [1.54, 1.807) is 0 Å². The molecule has 0 radical (unpaired) electrons. The van der Waals surface area contributed by atoms with Crippen LogP contribution in [0.1, 0.15) is 0 Å². The van der Waals surface area contributed by atoms with E-state index in [2.05, 4.69) is 126 Å². The molecule has 186 valence electrons. The van der Waals surface area contributed by atoms with Crippen molar-refractivity contribution in [1.82, 2.24) is 15.0 Å². The fourth-order valence-corrected chi connectivity index (χ4v) is 5.79. The Hall–Kier alpha value is -5.41. The van der Waals surface area contributed by atoms with Gasteiger partial charge in [0.2, 0.25) is 0 Å². The van der Waals surface area contributed by atoms with E-state index in [1.807, 2.05) is 18.3 Å². The number of rotatable bonds is 3. The third-order valence-corrected chi connectivity index (χ3v) is 7.67. The first-order valence-electron chi connectivity index (χ1n) is 13.5. The van der Waals surface area contributed by atoms with Gasteiger partial charge in [-0.3, -0.25) is 4.98 Å². The van der Waals surface area contributed by atoms with E-state index in [4.69, 9.17) is 9.97 Å². The topological polar surface area (TPSA) is 38.7 Å². The summed E-state index contributed by atoms with van der Waals surface area (Å²) in [4.78, 5) is 14.9. The lowest BCUT2D eigenvalue weighted by Gasteiger charge is -2.15. The van der Waals surface area contributed by atoms with E-state index in [0.717, 1.165) is 66.2 Å². The number of hydrogen-bond acceptors (Lipinski definition) is 3. The normalized spacial score (nSPS) is 11.5. The fourth-order valence-electron chi connectivity index (χ4n) is 5.79. The van der Waals surface area contributed by atoms with Gasteiger partial charge in [0.1, 0.15) is 0 Å². The lowest BCUT2D eigenvalue weighted by molar-refractivity contribution is 1.37. The summed E-state index contributed by atoms with van der Waals surface area (Å²) < 4.78 is 0. The van der Waals surface area contributed by atoms with Gasteiger partial charge >= 0.3 is 0 Å². The molecule has 40 heavy (non-hydrogen) atoms. The van der Waals surface area contributed by atoms with Crippen LogP contribution in [0.3, 0.4) is 0 Å². The van der Waals surface area contributed by atoms with Crippen molar-refractivity contribution in [2.75, 3.05) is 0 Å². The van der Waals surface area contributed by atoms with Gasteiger partial charge in [0.15, 0.2) is 0 Å². The Balaban J connectivity index is 1.35. The molecular weight excluding hydrogens is 486 g/mol. The van der Waals surface area contributed by atoms with Crippen LogP contribution in [-0.4, -0.2) is 15.0 Å². The number of pyridine rings is 3. The zero-order chi connectivity index (χ0) is 26.5. The predicted octanol–water partition coefficient (Wildman–Crippen LogP) is 9.49. The van der Waals surface area contributed by atoms with Crippen molar-refractivity contribution < 1.29 is 0 Å². The van der Waals surface area contributed by atoms with Gasteiger partial charge < -0.3 is 0 Å². The second-order valence-electron chi connectivity index (χ2n) is 10.1. The lowest BCUT2D eigenvalue weighted by atomic mass is 9.92. The highest BCUT2D eigenvalue weighted by Crippen LogP contribution is 2.39. The highest BCUT2D eigenvalue weighted by molar-refractivity contribution is 6.17. The lowest BCUT2D eigenvalue weighted by Crippen LogP contribution is -1.92. The van der Waals surface area contributed by atoms with E-state index in [9.17, 15) is 0 Å². The van der Waals surface area contributed by atoms with Crippen molar-refractivity contribution in [3.8, 4) is 33.6 Å². The number of benzene rings is 5. The first kappa shape index (κ1) is 22.6. The molecule has 8 rings (SSSR count). The molecule has 0 saturated heterocycles. The average molecular weight is 510 g/mol. The summed E-state index contributed by atoms with van der Waals surface area (Å²) >= 11 is 0. The van der Waals surface area contributed by atoms with E-state index >= 15 is 0 Å². The first-order valence-corrected chi connectivity index (χ1v) is 13.5. The van der Waals surface area contributed by atoms with Crippen molar-refractivity contribution in [1.29, 1.82) is 0 Å². The second-order valence-corrected chi connectivity index (χ2v) is 10.1. The molecule has 0 N–H and O–H groups in total. The maximum atomic E-state index is 5.11. The van der Waals surface area contributed by atoms with Crippen LogP contribution in [0.4, 0.5) is 0 Å². The number of aromatic nitrogens is 3. The molecule has 0 amide bonds. The molecule has 0 aliphatic carbocycles. The largest absolute Gasteiger partial charge is 0.254 e. The number of fused-ring (bicyclic) bond motifs is 6. The van der Waals surface area contributed by atoms with Crippen molar-refractivity contribution >= 4 is 43.5 Å². The van der Waals surface area contributed by atoms with Gasteiger partial charge in [-0.05, 0) is 35.4 Å². The summed E-state index contributed by atoms with van der Waals surface area (Å²) in [6.07, 6.45) is 1.83. The maximum Gasteiger partial charge on any atom is 0.0972 e. The van der Waals surface area contributed by atoms with Crippen LogP contribution >= 0.6 is 0 Å². The fraction of sp³-hybridized carbons (Fsp3) is 0. The molecule has 0 spiro atoms. The minimum atomic E-state index is 0.927. The average Bonchev–Trinajstić information content (AvgIpc) is 3.04. The molecular formula is C37H23N3. The third-order valence-electron chi connectivity index (χ3n) is 7.67. The van der Waals surface area contributed by atoms with E-state index < -0.39 is 0 Å². The molecule has 0 aliphatic rings. The molecule has 0 saturated carbocycles. The molecule has 3 heterocycles. The van der Waals surface area contributed by atoms with Crippen LogP contribution in [-0.2, 0) is 0 Å². The van der Waals surface area contributed by atoms with Gasteiger partial charge in [-0.2, -0.15) is 0 Å². The number of para-hydroxylation sites is 1. The van der Waals surface area contributed by atoms with E-state index in [1.165, 1.54) is 10.9 Å². The minimum Gasteiger partial charge on any atom is -0.254 e.